The molecule has 0 aliphatic rings. The van der Waals surface area contributed by atoms with Gasteiger partial charge in [-0.15, -0.1) is 5.10 Å². The largest absolute Gasteiger partial charge is 0.343 e. The predicted molar refractivity (Wildman–Crippen MR) is 58.8 cm³/mol. The van der Waals surface area contributed by atoms with E-state index in [9.17, 15) is 4.79 Å². The first-order chi connectivity index (χ1) is 6.79. The van der Waals surface area contributed by atoms with Gasteiger partial charge in [0.15, 0.2) is 5.16 Å². The maximum atomic E-state index is 11.3. The Morgan fingerprint density at radius 2 is 2.21 bits per heavy atom. The lowest BCUT2D eigenvalue weighted by molar-refractivity contribution is 0.573. The molecule has 1 aromatic rings. The van der Waals surface area contributed by atoms with Crippen LogP contribution in [0.25, 0.3) is 0 Å². The molecule has 0 saturated carbocycles. The molecule has 0 bridgehead atoms. The van der Waals surface area contributed by atoms with E-state index in [1.54, 1.807) is 16.3 Å². The second-order valence-electron chi connectivity index (χ2n) is 3.16. The van der Waals surface area contributed by atoms with Gasteiger partial charge in [0.05, 0.1) is 0 Å². The maximum Gasteiger partial charge on any atom is 0.343 e. The van der Waals surface area contributed by atoms with E-state index < -0.39 is 0 Å². The van der Waals surface area contributed by atoms with Gasteiger partial charge in [-0.2, -0.15) is 0 Å². The number of aromatic amines is 1. The minimum atomic E-state index is -0.0861. The summed E-state index contributed by atoms with van der Waals surface area (Å²) in [6.45, 7) is 5.01. The zero-order valence-electron chi connectivity index (χ0n) is 8.75. The topological polar surface area (TPSA) is 50.7 Å². The second kappa shape index (κ2) is 5.90. The van der Waals surface area contributed by atoms with Crippen molar-refractivity contribution in [1.82, 2.24) is 14.8 Å². The van der Waals surface area contributed by atoms with Crippen molar-refractivity contribution < 1.29 is 0 Å². The van der Waals surface area contributed by atoms with Gasteiger partial charge < -0.3 is 0 Å². The normalized spacial score (nSPS) is 10.7. The molecule has 1 N–H and O–H groups in total. The number of nitrogens with zero attached hydrogens (tertiary/aromatic N) is 2. The Morgan fingerprint density at radius 3 is 2.86 bits per heavy atom. The summed E-state index contributed by atoms with van der Waals surface area (Å²) in [6, 6.07) is 0. The average molecular weight is 215 g/mol. The summed E-state index contributed by atoms with van der Waals surface area (Å²) in [7, 11) is 0. The Bertz CT molecular complexity index is 318. The Morgan fingerprint density at radius 1 is 1.43 bits per heavy atom. The molecular weight excluding hydrogens is 198 g/mol. The lowest BCUT2D eigenvalue weighted by Gasteiger charge is -2.02. The van der Waals surface area contributed by atoms with E-state index in [1.165, 1.54) is 0 Å². The first-order valence-corrected chi connectivity index (χ1v) is 6.06. The van der Waals surface area contributed by atoms with E-state index in [0.717, 1.165) is 36.7 Å². The Hall–Kier alpha value is -0.710. The van der Waals surface area contributed by atoms with Crippen LogP contribution in [0.15, 0.2) is 9.95 Å². The van der Waals surface area contributed by atoms with Crippen LogP contribution >= 0.6 is 11.8 Å². The quantitative estimate of drug-likeness (QED) is 0.737. The molecule has 1 rings (SSSR count). The summed E-state index contributed by atoms with van der Waals surface area (Å²) < 4.78 is 1.73. The van der Waals surface area contributed by atoms with Crippen LogP contribution in [0.3, 0.4) is 0 Å². The molecule has 5 heteroatoms. The smallest absolute Gasteiger partial charge is 0.270 e. The van der Waals surface area contributed by atoms with Gasteiger partial charge in [-0.3, -0.25) is 4.57 Å². The van der Waals surface area contributed by atoms with Crippen LogP contribution in [0.1, 0.15) is 33.1 Å². The molecule has 0 aliphatic heterocycles. The number of hydrogen-bond donors (Lipinski definition) is 1. The fraction of sp³-hybridized carbons (Fsp3) is 0.778. The molecule has 4 nitrogen and oxygen atoms in total. The van der Waals surface area contributed by atoms with Gasteiger partial charge in [-0.05, 0) is 12.8 Å². The van der Waals surface area contributed by atoms with Gasteiger partial charge in [-0.25, -0.2) is 9.89 Å². The van der Waals surface area contributed by atoms with Crippen LogP contribution in [0.5, 0.6) is 0 Å². The molecule has 0 spiro atoms. The lowest BCUT2D eigenvalue weighted by Crippen LogP contribution is -2.17. The number of nitrogens with one attached hydrogen (secondary N) is 1. The highest BCUT2D eigenvalue weighted by molar-refractivity contribution is 7.99. The van der Waals surface area contributed by atoms with Crippen molar-refractivity contribution in [3.63, 3.8) is 0 Å². The highest BCUT2D eigenvalue weighted by Crippen LogP contribution is 2.14. The summed E-state index contributed by atoms with van der Waals surface area (Å²) in [5.74, 6) is 1.01. The molecule has 0 atom stereocenters. The second-order valence-corrected chi connectivity index (χ2v) is 4.23. The SMILES string of the molecule is CCCCn1c(SCCC)n[nH]c1=O. The molecule has 1 heterocycles. The molecule has 0 aromatic carbocycles. The molecule has 0 aliphatic carbocycles. The van der Waals surface area contributed by atoms with E-state index in [4.69, 9.17) is 0 Å². The molecule has 0 radical (unpaired) electrons. The summed E-state index contributed by atoms with van der Waals surface area (Å²) in [5.41, 5.74) is -0.0861. The third kappa shape index (κ3) is 2.90. The van der Waals surface area contributed by atoms with Crippen LogP contribution in [-0.2, 0) is 6.54 Å². The first kappa shape index (κ1) is 11.4. The summed E-state index contributed by atoms with van der Waals surface area (Å²) in [5, 5.41) is 7.31. The zero-order chi connectivity index (χ0) is 10.4. The van der Waals surface area contributed by atoms with Gasteiger partial charge in [0.1, 0.15) is 0 Å². The molecule has 0 unspecified atom stereocenters. The molecular formula is C9H17N3OS. The fourth-order valence-corrected chi connectivity index (χ4v) is 1.95. The Labute approximate surface area is 88.1 Å². The summed E-state index contributed by atoms with van der Waals surface area (Å²) >= 11 is 1.64. The predicted octanol–water partition coefficient (Wildman–Crippen LogP) is 1.87. The minimum absolute atomic E-state index is 0.0861. The number of thioether (sulfide) groups is 1. The fourth-order valence-electron chi connectivity index (χ4n) is 1.12. The van der Waals surface area contributed by atoms with Crippen LogP contribution in [0, 0.1) is 0 Å². The number of aromatic nitrogens is 3. The van der Waals surface area contributed by atoms with Gasteiger partial charge >= 0.3 is 5.69 Å². The van der Waals surface area contributed by atoms with Crippen molar-refractivity contribution >= 4 is 11.8 Å². The van der Waals surface area contributed by atoms with Crippen molar-refractivity contribution in [2.24, 2.45) is 0 Å². The first-order valence-electron chi connectivity index (χ1n) is 5.07. The van der Waals surface area contributed by atoms with Gasteiger partial charge in [-0.1, -0.05) is 32.0 Å². The van der Waals surface area contributed by atoms with E-state index >= 15 is 0 Å². The van der Waals surface area contributed by atoms with Crippen molar-refractivity contribution in [2.75, 3.05) is 5.75 Å². The van der Waals surface area contributed by atoms with Crippen LogP contribution in [0.2, 0.25) is 0 Å². The lowest BCUT2D eigenvalue weighted by atomic mass is 10.3. The molecule has 0 fully saturated rings. The van der Waals surface area contributed by atoms with Crippen LogP contribution < -0.4 is 5.69 Å². The maximum absolute atomic E-state index is 11.3. The monoisotopic (exact) mass is 215 g/mol. The minimum Gasteiger partial charge on any atom is -0.270 e. The van der Waals surface area contributed by atoms with Crippen LogP contribution in [0.4, 0.5) is 0 Å². The average Bonchev–Trinajstić information content (AvgIpc) is 2.53. The number of hydrogen-bond acceptors (Lipinski definition) is 3. The standard InChI is InChI=1S/C9H17N3OS/c1-3-5-6-12-8(13)10-11-9(12)14-7-4-2/h3-7H2,1-2H3,(H,10,13). The van der Waals surface area contributed by atoms with E-state index in [0.29, 0.717) is 0 Å². The molecule has 1 aromatic heterocycles. The molecule has 80 valence electrons. The molecule has 0 amide bonds. The van der Waals surface area contributed by atoms with E-state index in [-0.39, 0.29) is 5.69 Å². The van der Waals surface area contributed by atoms with Crippen molar-refractivity contribution in [2.45, 2.75) is 44.8 Å². The third-order valence-electron chi connectivity index (χ3n) is 1.89. The van der Waals surface area contributed by atoms with Crippen LogP contribution in [-0.4, -0.2) is 20.5 Å². The van der Waals surface area contributed by atoms with Gasteiger partial charge in [0.2, 0.25) is 0 Å². The highest BCUT2D eigenvalue weighted by atomic mass is 32.2. The molecule has 0 saturated heterocycles. The Kier molecular flexibility index (Phi) is 4.79. The van der Waals surface area contributed by atoms with Crippen molar-refractivity contribution in [3.05, 3.63) is 10.5 Å². The molecule has 14 heavy (non-hydrogen) atoms. The summed E-state index contributed by atoms with van der Waals surface area (Å²) in [4.78, 5) is 11.3. The zero-order valence-corrected chi connectivity index (χ0v) is 9.56. The van der Waals surface area contributed by atoms with E-state index in [1.807, 2.05) is 0 Å². The Balaban J connectivity index is 2.67. The van der Waals surface area contributed by atoms with Gasteiger partial charge in [0.25, 0.3) is 0 Å². The van der Waals surface area contributed by atoms with E-state index in [2.05, 4.69) is 24.0 Å². The highest BCUT2D eigenvalue weighted by Gasteiger charge is 2.06. The number of rotatable bonds is 6. The third-order valence-corrected chi connectivity index (χ3v) is 3.08. The van der Waals surface area contributed by atoms with Gasteiger partial charge in [0, 0.05) is 12.3 Å². The van der Waals surface area contributed by atoms with Crippen molar-refractivity contribution in [3.8, 4) is 0 Å². The van der Waals surface area contributed by atoms with Crippen molar-refractivity contribution in [1.29, 1.82) is 0 Å². The number of unbranched alkanes of at least 4 members (excludes halogenated alkanes) is 1. The summed E-state index contributed by atoms with van der Waals surface area (Å²) in [6.07, 6.45) is 3.22. The number of H-pyrrole nitrogens is 1.